The summed E-state index contributed by atoms with van der Waals surface area (Å²) in [6.07, 6.45) is 4.70. The van der Waals surface area contributed by atoms with Gasteiger partial charge in [0.1, 0.15) is 0 Å². The van der Waals surface area contributed by atoms with Gasteiger partial charge in [0.25, 0.3) is 0 Å². The molecule has 6 heteroatoms. The highest BCUT2D eigenvalue weighted by molar-refractivity contribution is 6.33. The van der Waals surface area contributed by atoms with Gasteiger partial charge in [0.05, 0.1) is 30.5 Å². The van der Waals surface area contributed by atoms with Crippen LogP contribution in [0.5, 0.6) is 0 Å². The minimum absolute atomic E-state index is 0.0994. The first-order valence-electron chi connectivity index (χ1n) is 14.7. The van der Waals surface area contributed by atoms with Gasteiger partial charge in [-0.1, -0.05) is 12.0 Å². The van der Waals surface area contributed by atoms with Crippen LogP contribution in [0.15, 0.2) is 35.9 Å². The molecule has 3 saturated heterocycles. The van der Waals surface area contributed by atoms with Crippen molar-refractivity contribution in [1.29, 1.82) is 5.26 Å². The number of morpholine rings is 1. The van der Waals surface area contributed by atoms with Crippen LogP contribution >= 0.6 is 0 Å². The molecule has 204 valence electrons. The molecule has 0 amide bonds. The van der Waals surface area contributed by atoms with E-state index in [-0.39, 0.29) is 11.2 Å². The van der Waals surface area contributed by atoms with Crippen molar-refractivity contribution in [3.05, 3.63) is 69.3 Å². The lowest BCUT2D eigenvalue weighted by Crippen LogP contribution is -2.49. The Labute approximate surface area is 236 Å². The topological polar surface area (TPSA) is 65.8 Å². The van der Waals surface area contributed by atoms with E-state index in [1.165, 1.54) is 11.3 Å². The van der Waals surface area contributed by atoms with E-state index in [0.717, 1.165) is 105 Å². The van der Waals surface area contributed by atoms with Crippen molar-refractivity contribution in [2.45, 2.75) is 50.5 Å². The van der Waals surface area contributed by atoms with Crippen molar-refractivity contribution in [3.63, 3.8) is 0 Å². The van der Waals surface area contributed by atoms with Gasteiger partial charge < -0.3 is 14.4 Å². The van der Waals surface area contributed by atoms with Crippen LogP contribution in [0.1, 0.15) is 70.8 Å². The number of Topliss-reactive ketones (excluding diaryl/α,β-unsaturated/α-hetero) is 1. The summed E-state index contributed by atoms with van der Waals surface area (Å²) in [7, 11) is 0. The number of hydrogen-bond donors (Lipinski definition) is 0. The zero-order valence-corrected chi connectivity index (χ0v) is 23.2. The summed E-state index contributed by atoms with van der Waals surface area (Å²) in [4.78, 5) is 19.4. The summed E-state index contributed by atoms with van der Waals surface area (Å²) in [5, 5.41) is 9.52. The molecule has 2 aliphatic carbocycles. The number of fused-ring (bicyclic) bond motifs is 5. The second-order valence-electron chi connectivity index (χ2n) is 11.7. The lowest BCUT2D eigenvalue weighted by atomic mass is 9.62. The number of ether oxygens (including phenoxy) is 2. The quantitative estimate of drug-likeness (QED) is 0.531. The summed E-state index contributed by atoms with van der Waals surface area (Å²) in [6.45, 7) is 8.93. The summed E-state index contributed by atoms with van der Waals surface area (Å²) in [5.74, 6) is 6.57. The first-order valence-corrected chi connectivity index (χ1v) is 14.7. The third kappa shape index (κ3) is 4.01. The maximum Gasteiger partial charge on any atom is 0.193 e. The second-order valence-corrected chi connectivity index (χ2v) is 11.7. The van der Waals surface area contributed by atoms with E-state index < -0.39 is 0 Å². The van der Waals surface area contributed by atoms with Crippen LogP contribution in [0.4, 0.5) is 5.69 Å². The number of hydrogen-bond acceptors (Lipinski definition) is 6. The van der Waals surface area contributed by atoms with Crippen molar-refractivity contribution in [3.8, 4) is 17.9 Å². The predicted molar refractivity (Wildman–Crippen MR) is 154 cm³/mol. The van der Waals surface area contributed by atoms with Gasteiger partial charge in [0, 0.05) is 67.5 Å². The maximum absolute atomic E-state index is 14.3. The van der Waals surface area contributed by atoms with Gasteiger partial charge in [-0.05, 0) is 85.6 Å². The predicted octanol–water partition coefficient (Wildman–Crippen LogP) is 4.49. The number of allylic oxidation sites excluding steroid dienone is 2. The van der Waals surface area contributed by atoms with E-state index in [4.69, 9.17) is 9.47 Å². The number of ketones is 1. The van der Waals surface area contributed by atoms with Gasteiger partial charge in [-0.25, -0.2) is 0 Å². The number of nitriles is 1. The molecule has 3 aliphatic heterocycles. The molecule has 0 aromatic heterocycles. The Bertz CT molecular complexity index is 1500. The average Bonchev–Trinajstić information content (AvgIpc) is 3.41. The van der Waals surface area contributed by atoms with Crippen LogP contribution < -0.4 is 4.90 Å². The van der Waals surface area contributed by atoms with E-state index >= 15 is 0 Å². The average molecular weight is 534 g/mol. The van der Waals surface area contributed by atoms with E-state index in [9.17, 15) is 10.1 Å². The number of nitrogens with zero attached hydrogens (tertiary/aromatic N) is 3. The SMILES string of the molecule is CC#Cc1cc2c(cc1N1CCC(N3CCOCC3)CC1)C1(CCOCC1)C1=C(C2=O)c2ccc(C#N)cc2C1. The van der Waals surface area contributed by atoms with Crippen molar-refractivity contribution in [2.75, 3.05) is 57.5 Å². The number of anilines is 1. The van der Waals surface area contributed by atoms with Crippen LogP contribution in [-0.2, 0) is 21.3 Å². The Balaban J connectivity index is 1.30. The molecule has 0 N–H and O–H groups in total. The summed E-state index contributed by atoms with van der Waals surface area (Å²) < 4.78 is 11.5. The van der Waals surface area contributed by atoms with Crippen molar-refractivity contribution in [1.82, 2.24) is 4.90 Å². The molecular weight excluding hydrogens is 498 g/mol. The Hall–Kier alpha value is -3.42. The van der Waals surface area contributed by atoms with Gasteiger partial charge in [-0.3, -0.25) is 9.69 Å². The molecule has 2 aromatic rings. The zero-order chi connectivity index (χ0) is 27.3. The van der Waals surface area contributed by atoms with Crippen LogP contribution in [0.2, 0.25) is 0 Å². The highest BCUT2D eigenvalue weighted by Crippen LogP contribution is 2.55. The molecule has 0 unspecified atom stereocenters. The number of carbonyl (C=O) groups is 1. The third-order valence-corrected chi connectivity index (χ3v) is 9.85. The van der Waals surface area contributed by atoms with Crippen LogP contribution in [0, 0.1) is 23.2 Å². The van der Waals surface area contributed by atoms with Gasteiger partial charge in [-0.15, -0.1) is 5.92 Å². The van der Waals surface area contributed by atoms with E-state index in [2.05, 4.69) is 39.8 Å². The fourth-order valence-corrected chi connectivity index (χ4v) is 7.83. The third-order valence-electron chi connectivity index (χ3n) is 9.85. The van der Waals surface area contributed by atoms with Crippen molar-refractivity contribution in [2.24, 2.45) is 0 Å². The maximum atomic E-state index is 14.3. The Morgan fingerprint density at radius 3 is 2.42 bits per heavy atom. The molecule has 0 bridgehead atoms. The molecule has 0 saturated carbocycles. The van der Waals surface area contributed by atoms with E-state index in [1.54, 1.807) is 0 Å². The molecule has 3 heterocycles. The minimum Gasteiger partial charge on any atom is -0.381 e. The standard InChI is InChI=1S/C34H35N3O3/c1-2-3-24-19-28-29(21-31(24)37-10-6-26(7-11-37)36-12-16-40-17-13-36)34(8-14-39-15-9-34)30-20-25-18-23(22-35)4-5-27(25)32(30)33(28)38/h4-5,18-19,21,26H,6-17,20H2,1H3. The largest absolute Gasteiger partial charge is 0.381 e. The van der Waals surface area contributed by atoms with Crippen LogP contribution in [-0.4, -0.2) is 69.3 Å². The monoisotopic (exact) mass is 533 g/mol. The molecular formula is C34H35N3O3. The number of carbonyl (C=O) groups excluding carboxylic acids is 1. The number of rotatable bonds is 2. The molecule has 0 radical (unpaired) electrons. The Morgan fingerprint density at radius 1 is 0.950 bits per heavy atom. The summed E-state index contributed by atoms with van der Waals surface area (Å²) >= 11 is 0. The fourth-order valence-electron chi connectivity index (χ4n) is 7.83. The molecule has 3 fully saturated rings. The van der Waals surface area contributed by atoms with Crippen molar-refractivity contribution < 1.29 is 14.3 Å². The van der Waals surface area contributed by atoms with Crippen molar-refractivity contribution >= 4 is 17.0 Å². The lowest BCUT2D eigenvalue weighted by molar-refractivity contribution is 0.0115. The van der Waals surface area contributed by atoms with E-state index in [1.807, 2.05) is 25.1 Å². The zero-order valence-electron chi connectivity index (χ0n) is 23.2. The molecule has 1 spiro atoms. The number of piperidine rings is 1. The van der Waals surface area contributed by atoms with Crippen LogP contribution in [0.3, 0.4) is 0 Å². The van der Waals surface area contributed by atoms with Crippen LogP contribution in [0.25, 0.3) is 5.57 Å². The van der Waals surface area contributed by atoms with Gasteiger partial charge in [0.2, 0.25) is 0 Å². The van der Waals surface area contributed by atoms with Gasteiger partial charge >= 0.3 is 0 Å². The summed E-state index contributed by atoms with van der Waals surface area (Å²) in [6, 6.07) is 13.1. The van der Waals surface area contributed by atoms with E-state index in [0.29, 0.717) is 24.8 Å². The fraction of sp³-hybridized carbons (Fsp3) is 0.471. The molecule has 5 aliphatic rings. The molecule has 7 rings (SSSR count). The normalized spacial score (nSPS) is 22.3. The Morgan fingerprint density at radius 2 is 1.70 bits per heavy atom. The molecule has 0 atom stereocenters. The molecule has 6 nitrogen and oxygen atoms in total. The molecule has 40 heavy (non-hydrogen) atoms. The first-order chi connectivity index (χ1) is 19.6. The second kappa shape index (κ2) is 10.2. The smallest absolute Gasteiger partial charge is 0.193 e. The lowest BCUT2D eigenvalue weighted by Gasteiger charge is -2.45. The van der Waals surface area contributed by atoms with Gasteiger partial charge in [-0.2, -0.15) is 5.26 Å². The number of benzene rings is 2. The minimum atomic E-state index is -0.234. The molecule has 2 aromatic carbocycles. The summed E-state index contributed by atoms with van der Waals surface area (Å²) in [5.41, 5.74) is 8.63. The van der Waals surface area contributed by atoms with Gasteiger partial charge in [0.15, 0.2) is 5.78 Å². The first kappa shape index (κ1) is 25.5. The highest BCUT2D eigenvalue weighted by atomic mass is 16.5. The highest BCUT2D eigenvalue weighted by Gasteiger charge is 2.49. The Kier molecular flexibility index (Phi) is 6.51.